The van der Waals surface area contributed by atoms with E-state index in [1.165, 1.54) is 5.56 Å². The van der Waals surface area contributed by atoms with Gasteiger partial charge in [-0.05, 0) is 47.7 Å². The summed E-state index contributed by atoms with van der Waals surface area (Å²) in [5.41, 5.74) is 3.16. The van der Waals surface area contributed by atoms with Gasteiger partial charge < -0.3 is 19.5 Å². The Morgan fingerprint density at radius 3 is 2.68 bits per heavy atom. The number of hydrogen-bond acceptors (Lipinski definition) is 4. The molecule has 0 aromatic heterocycles. The fourth-order valence-electron chi connectivity index (χ4n) is 2.96. The summed E-state index contributed by atoms with van der Waals surface area (Å²) < 4.78 is 16.1. The lowest BCUT2D eigenvalue weighted by molar-refractivity contribution is -0.120. The first-order chi connectivity index (χ1) is 12.2. The van der Waals surface area contributed by atoms with Crippen LogP contribution in [0.4, 0.5) is 0 Å². The molecule has 25 heavy (non-hydrogen) atoms. The van der Waals surface area contributed by atoms with E-state index < -0.39 is 0 Å². The summed E-state index contributed by atoms with van der Waals surface area (Å²) in [6.07, 6.45) is 2.40. The number of nitrogens with one attached hydrogen (secondary N) is 1. The Labute approximate surface area is 147 Å². The molecular formula is C20H23NO4. The van der Waals surface area contributed by atoms with Crippen LogP contribution in [0.1, 0.15) is 23.1 Å². The largest absolute Gasteiger partial charge is 0.493 e. The van der Waals surface area contributed by atoms with Crippen molar-refractivity contribution in [3.63, 3.8) is 0 Å². The van der Waals surface area contributed by atoms with E-state index in [1.54, 1.807) is 14.2 Å². The SMILES string of the molecule is COc1ccc(CNC(=O)Cc2ccc3c(c2)CCCO3)cc1OC. The monoisotopic (exact) mass is 341 g/mol. The summed E-state index contributed by atoms with van der Waals surface area (Å²) in [4.78, 5) is 12.2. The van der Waals surface area contributed by atoms with E-state index in [0.717, 1.165) is 36.3 Å². The highest BCUT2D eigenvalue weighted by molar-refractivity contribution is 5.78. The molecule has 1 aliphatic heterocycles. The van der Waals surface area contributed by atoms with E-state index >= 15 is 0 Å². The number of rotatable bonds is 6. The maximum Gasteiger partial charge on any atom is 0.224 e. The van der Waals surface area contributed by atoms with Crippen LogP contribution in [0.15, 0.2) is 36.4 Å². The molecule has 2 aromatic rings. The van der Waals surface area contributed by atoms with Gasteiger partial charge in [0.15, 0.2) is 11.5 Å². The lowest BCUT2D eigenvalue weighted by Crippen LogP contribution is -2.24. The van der Waals surface area contributed by atoms with Crippen LogP contribution in [0.3, 0.4) is 0 Å². The van der Waals surface area contributed by atoms with Gasteiger partial charge in [0.2, 0.25) is 5.91 Å². The topological polar surface area (TPSA) is 56.8 Å². The fourth-order valence-corrected chi connectivity index (χ4v) is 2.96. The molecule has 0 bridgehead atoms. The van der Waals surface area contributed by atoms with E-state index in [1.807, 2.05) is 30.3 Å². The van der Waals surface area contributed by atoms with Crippen LogP contribution in [0.25, 0.3) is 0 Å². The minimum absolute atomic E-state index is 0.00790. The molecular weight excluding hydrogens is 318 g/mol. The van der Waals surface area contributed by atoms with Crippen LogP contribution in [0.2, 0.25) is 0 Å². The molecule has 0 unspecified atom stereocenters. The van der Waals surface area contributed by atoms with E-state index in [-0.39, 0.29) is 5.91 Å². The maximum atomic E-state index is 12.2. The van der Waals surface area contributed by atoms with Gasteiger partial charge in [0.05, 0.1) is 27.2 Å². The summed E-state index contributed by atoms with van der Waals surface area (Å²) >= 11 is 0. The fraction of sp³-hybridized carbons (Fsp3) is 0.350. The molecule has 0 radical (unpaired) electrons. The standard InChI is InChI=1S/C20H23NO4/c1-23-18-8-6-15(11-19(18)24-2)13-21-20(22)12-14-5-7-17-16(10-14)4-3-9-25-17/h5-8,10-11H,3-4,9,12-13H2,1-2H3,(H,21,22). The molecule has 0 fully saturated rings. The minimum atomic E-state index is -0.00790. The van der Waals surface area contributed by atoms with Crippen molar-refractivity contribution in [1.29, 1.82) is 0 Å². The Kier molecular flexibility index (Phi) is 5.43. The Balaban J connectivity index is 1.58. The van der Waals surface area contributed by atoms with Gasteiger partial charge in [-0.25, -0.2) is 0 Å². The second-order valence-corrected chi connectivity index (χ2v) is 6.04. The van der Waals surface area contributed by atoms with Gasteiger partial charge in [-0.1, -0.05) is 18.2 Å². The van der Waals surface area contributed by atoms with Crippen molar-refractivity contribution in [2.45, 2.75) is 25.8 Å². The Morgan fingerprint density at radius 1 is 1.08 bits per heavy atom. The van der Waals surface area contributed by atoms with Crippen molar-refractivity contribution >= 4 is 5.91 Å². The van der Waals surface area contributed by atoms with Crippen LogP contribution < -0.4 is 19.5 Å². The third-order valence-electron chi connectivity index (χ3n) is 4.28. The molecule has 5 heteroatoms. The molecule has 3 rings (SSSR count). The Bertz CT molecular complexity index is 757. The normalized spacial score (nSPS) is 12.7. The van der Waals surface area contributed by atoms with Crippen LogP contribution >= 0.6 is 0 Å². The highest BCUT2D eigenvalue weighted by Crippen LogP contribution is 2.28. The van der Waals surface area contributed by atoms with Crippen molar-refractivity contribution in [1.82, 2.24) is 5.32 Å². The van der Waals surface area contributed by atoms with Gasteiger partial charge in [0, 0.05) is 6.54 Å². The smallest absolute Gasteiger partial charge is 0.224 e. The van der Waals surface area contributed by atoms with Gasteiger partial charge in [0.1, 0.15) is 5.75 Å². The highest BCUT2D eigenvalue weighted by atomic mass is 16.5. The molecule has 0 saturated carbocycles. The van der Waals surface area contributed by atoms with E-state index in [2.05, 4.69) is 11.4 Å². The van der Waals surface area contributed by atoms with Crippen LogP contribution in [-0.2, 0) is 24.2 Å². The second-order valence-electron chi connectivity index (χ2n) is 6.04. The first-order valence-corrected chi connectivity index (χ1v) is 8.42. The quantitative estimate of drug-likeness (QED) is 0.878. The zero-order valence-corrected chi connectivity index (χ0v) is 14.6. The molecule has 0 spiro atoms. The van der Waals surface area contributed by atoms with Gasteiger partial charge in [-0.15, -0.1) is 0 Å². The van der Waals surface area contributed by atoms with Crippen molar-refractivity contribution in [3.05, 3.63) is 53.1 Å². The van der Waals surface area contributed by atoms with Crippen molar-refractivity contribution in [2.75, 3.05) is 20.8 Å². The van der Waals surface area contributed by atoms with Gasteiger partial charge in [-0.2, -0.15) is 0 Å². The molecule has 1 N–H and O–H groups in total. The molecule has 132 valence electrons. The van der Waals surface area contributed by atoms with Crippen molar-refractivity contribution in [3.8, 4) is 17.2 Å². The van der Waals surface area contributed by atoms with Crippen molar-refractivity contribution in [2.24, 2.45) is 0 Å². The van der Waals surface area contributed by atoms with E-state index in [4.69, 9.17) is 14.2 Å². The maximum absolute atomic E-state index is 12.2. The summed E-state index contributed by atoms with van der Waals surface area (Å²) in [6, 6.07) is 11.6. The van der Waals surface area contributed by atoms with E-state index in [0.29, 0.717) is 24.5 Å². The number of fused-ring (bicyclic) bond motifs is 1. The summed E-state index contributed by atoms with van der Waals surface area (Å²) in [6.45, 7) is 1.23. The van der Waals surface area contributed by atoms with Crippen LogP contribution in [-0.4, -0.2) is 26.7 Å². The van der Waals surface area contributed by atoms with Crippen LogP contribution in [0.5, 0.6) is 17.2 Å². The molecule has 1 amide bonds. The number of hydrogen-bond donors (Lipinski definition) is 1. The molecule has 0 saturated heterocycles. The predicted molar refractivity (Wildman–Crippen MR) is 95.4 cm³/mol. The summed E-state index contributed by atoms with van der Waals surface area (Å²) in [5, 5.41) is 2.95. The van der Waals surface area contributed by atoms with Crippen molar-refractivity contribution < 1.29 is 19.0 Å². The first-order valence-electron chi connectivity index (χ1n) is 8.42. The lowest BCUT2D eigenvalue weighted by Gasteiger charge is -2.17. The minimum Gasteiger partial charge on any atom is -0.493 e. The van der Waals surface area contributed by atoms with Crippen LogP contribution in [0, 0.1) is 0 Å². The van der Waals surface area contributed by atoms with Gasteiger partial charge >= 0.3 is 0 Å². The lowest BCUT2D eigenvalue weighted by atomic mass is 10.0. The number of ether oxygens (including phenoxy) is 3. The molecule has 0 aliphatic carbocycles. The average molecular weight is 341 g/mol. The molecule has 0 atom stereocenters. The number of carbonyl (C=O) groups excluding carboxylic acids is 1. The second kappa shape index (κ2) is 7.92. The van der Waals surface area contributed by atoms with E-state index in [9.17, 15) is 4.79 Å². The first kappa shape index (κ1) is 17.1. The molecule has 1 heterocycles. The highest BCUT2D eigenvalue weighted by Gasteiger charge is 2.12. The number of aryl methyl sites for hydroxylation is 1. The number of methoxy groups -OCH3 is 2. The molecule has 5 nitrogen and oxygen atoms in total. The number of amides is 1. The number of carbonyl (C=O) groups is 1. The zero-order chi connectivity index (χ0) is 17.6. The molecule has 1 aliphatic rings. The summed E-state index contributed by atoms with van der Waals surface area (Å²) in [7, 11) is 3.20. The zero-order valence-electron chi connectivity index (χ0n) is 14.6. The third kappa shape index (κ3) is 4.24. The third-order valence-corrected chi connectivity index (χ3v) is 4.28. The Hall–Kier alpha value is -2.69. The number of benzene rings is 2. The summed E-state index contributed by atoms with van der Waals surface area (Å²) in [5.74, 6) is 2.27. The van der Waals surface area contributed by atoms with Gasteiger partial charge in [-0.3, -0.25) is 4.79 Å². The Morgan fingerprint density at radius 2 is 1.88 bits per heavy atom. The predicted octanol–water partition coefficient (Wildman–Crippen LogP) is 2.89. The molecule has 2 aromatic carbocycles. The van der Waals surface area contributed by atoms with Gasteiger partial charge in [0.25, 0.3) is 0 Å². The average Bonchev–Trinajstić information content (AvgIpc) is 2.66.